The molecule has 23 heavy (non-hydrogen) atoms. The van der Waals surface area contributed by atoms with Gasteiger partial charge in [0.05, 0.1) is 0 Å². The molecule has 0 atom stereocenters. The number of hydrogen-bond donors (Lipinski definition) is 2. The van der Waals surface area contributed by atoms with Crippen molar-refractivity contribution in [1.29, 1.82) is 0 Å². The standard InChI is InChI=1S/C17H26N6/c1-22(2)12-13-6-8-14(9-7-13)23-16(19)20-15(18)21-17(23)10-4-3-5-11-17/h6-9H,3-5,10-12H2,1-2H3,(H4,18,19,20,21). The zero-order valence-corrected chi connectivity index (χ0v) is 14.0. The lowest BCUT2D eigenvalue weighted by molar-refractivity contribution is 0.305. The van der Waals surface area contributed by atoms with E-state index in [0.29, 0.717) is 11.9 Å². The van der Waals surface area contributed by atoms with E-state index in [-0.39, 0.29) is 5.66 Å². The van der Waals surface area contributed by atoms with Crippen LogP contribution in [0.4, 0.5) is 5.69 Å². The fourth-order valence-electron chi connectivity index (χ4n) is 3.61. The number of benzene rings is 1. The Balaban J connectivity index is 1.93. The minimum atomic E-state index is -0.364. The highest BCUT2D eigenvalue weighted by Gasteiger charge is 2.42. The van der Waals surface area contributed by atoms with Gasteiger partial charge in [0.1, 0.15) is 5.66 Å². The summed E-state index contributed by atoms with van der Waals surface area (Å²) in [5.74, 6) is 0.740. The maximum absolute atomic E-state index is 6.23. The van der Waals surface area contributed by atoms with E-state index in [2.05, 4.69) is 53.2 Å². The summed E-state index contributed by atoms with van der Waals surface area (Å²) in [7, 11) is 4.13. The molecule has 1 aliphatic carbocycles. The van der Waals surface area contributed by atoms with Gasteiger partial charge in [0.15, 0.2) is 0 Å². The molecule has 0 radical (unpaired) electrons. The molecule has 1 saturated carbocycles. The van der Waals surface area contributed by atoms with Crippen molar-refractivity contribution in [3.8, 4) is 0 Å². The minimum Gasteiger partial charge on any atom is -0.369 e. The lowest BCUT2D eigenvalue weighted by Gasteiger charge is -2.45. The van der Waals surface area contributed by atoms with Crippen LogP contribution in [0.25, 0.3) is 0 Å². The largest absolute Gasteiger partial charge is 0.369 e. The molecule has 1 aromatic rings. The van der Waals surface area contributed by atoms with Crippen molar-refractivity contribution >= 4 is 17.6 Å². The van der Waals surface area contributed by atoms with Gasteiger partial charge in [-0.2, -0.15) is 4.99 Å². The van der Waals surface area contributed by atoms with Crippen LogP contribution in [0.15, 0.2) is 34.3 Å². The van der Waals surface area contributed by atoms with Crippen molar-refractivity contribution in [3.05, 3.63) is 29.8 Å². The van der Waals surface area contributed by atoms with Gasteiger partial charge >= 0.3 is 0 Å². The molecule has 0 aromatic heterocycles. The molecule has 0 unspecified atom stereocenters. The molecule has 124 valence electrons. The van der Waals surface area contributed by atoms with Crippen molar-refractivity contribution in [2.45, 2.75) is 44.3 Å². The first-order valence-electron chi connectivity index (χ1n) is 8.24. The zero-order chi connectivity index (χ0) is 16.4. The van der Waals surface area contributed by atoms with Gasteiger partial charge in [-0.15, -0.1) is 0 Å². The van der Waals surface area contributed by atoms with Crippen LogP contribution in [0.2, 0.25) is 0 Å². The average molecular weight is 314 g/mol. The Morgan fingerprint density at radius 1 is 1.09 bits per heavy atom. The normalized spacial score (nSPS) is 20.6. The quantitative estimate of drug-likeness (QED) is 0.892. The number of rotatable bonds is 3. The topological polar surface area (TPSA) is 83.2 Å². The van der Waals surface area contributed by atoms with E-state index < -0.39 is 0 Å². The van der Waals surface area contributed by atoms with Crippen molar-refractivity contribution in [2.75, 3.05) is 19.0 Å². The van der Waals surface area contributed by atoms with E-state index in [4.69, 9.17) is 16.5 Å². The molecule has 0 amide bonds. The maximum atomic E-state index is 6.23. The lowest BCUT2D eigenvalue weighted by Crippen LogP contribution is -2.58. The average Bonchev–Trinajstić information content (AvgIpc) is 2.48. The van der Waals surface area contributed by atoms with Crippen molar-refractivity contribution in [1.82, 2.24) is 4.90 Å². The third-order valence-corrected chi connectivity index (χ3v) is 4.54. The van der Waals surface area contributed by atoms with Gasteiger partial charge in [0.25, 0.3) is 0 Å². The molecule has 1 aliphatic heterocycles. The highest BCUT2D eigenvalue weighted by Crippen LogP contribution is 2.39. The van der Waals surface area contributed by atoms with Crippen LogP contribution >= 0.6 is 0 Å². The first-order chi connectivity index (χ1) is 11.0. The molecule has 1 spiro atoms. The number of aliphatic imine (C=N–C) groups is 2. The molecular formula is C17H26N6. The van der Waals surface area contributed by atoms with E-state index in [1.165, 1.54) is 12.0 Å². The van der Waals surface area contributed by atoms with Gasteiger partial charge in [0.2, 0.25) is 11.9 Å². The minimum absolute atomic E-state index is 0.296. The van der Waals surface area contributed by atoms with Crippen molar-refractivity contribution in [3.63, 3.8) is 0 Å². The molecule has 1 aromatic carbocycles. The van der Waals surface area contributed by atoms with E-state index in [0.717, 1.165) is 37.9 Å². The third-order valence-electron chi connectivity index (χ3n) is 4.54. The summed E-state index contributed by atoms with van der Waals surface area (Å²) in [5.41, 5.74) is 14.1. The second-order valence-electron chi connectivity index (χ2n) is 6.72. The van der Waals surface area contributed by atoms with Crippen LogP contribution in [-0.4, -0.2) is 36.6 Å². The Bertz CT molecular complexity index is 610. The number of guanidine groups is 2. The first kappa shape index (κ1) is 15.8. The second-order valence-corrected chi connectivity index (χ2v) is 6.72. The first-order valence-corrected chi connectivity index (χ1v) is 8.24. The van der Waals surface area contributed by atoms with Crippen LogP contribution in [0, 0.1) is 0 Å². The van der Waals surface area contributed by atoms with Crippen LogP contribution in [0.1, 0.15) is 37.7 Å². The third kappa shape index (κ3) is 3.17. The Morgan fingerprint density at radius 3 is 2.35 bits per heavy atom. The molecule has 6 heteroatoms. The number of nitrogens with two attached hydrogens (primary N) is 2. The van der Waals surface area contributed by atoms with Crippen molar-refractivity contribution in [2.24, 2.45) is 21.5 Å². The molecule has 0 bridgehead atoms. The highest BCUT2D eigenvalue weighted by atomic mass is 15.4. The summed E-state index contributed by atoms with van der Waals surface area (Å²) in [5, 5.41) is 0. The van der Waals surface area contributed by atoms with Gasteiger partial charge < -0.3 is 16.4 Å². The molecular weight excluding hydrogens is 288 g/mol. The zero-order valence-electron chi connectivity index (χ0n) is 14.0. The summed E-state index contributed by atoms with van der Waals surface area (Å²) >= 11 is 0. The monoisotopic (exact) mass is 314 g/mol. The molecule has 4 N–H and O–H groups in total. The number of hydrogen-bond acceptors (Lipinski definition) is 6. The van der Waals surface area contributed by atoms with Crippen LogP contribution in [-0.2, 0) is 6.54 Å². The van der Waals surface area contributed by atoms with E-state index in [9.17, 15) is 0 Å². The second kappa shape index (κ2) is 6.20. The van der Waals surface area contributed by atoms with E-state index in [1.807, 2.05) is 0 Å². The molecule has 6 nitrogen and oxygen atoms in total. The summed E-state index contributed by atoms with van der Waals surface area (Å²) < 4.78 is 0. The number of anilines is 1. The van der Waals surface area contributed by atoms with Crippen molar-refractivity contribution < 1.29 is 0 Å². The Kier molecular flexibility index (Phi) is 4.26. The fraction of sp³-hybridized carbons (Fsp3) is 0.529. The smallest absolute Gasteiger partial charge is 0.220 e. The molecule has 1 heterocycles. The lowest BCUT2D eigenvalue weighted by atomic mass is 9.87. The Hall–Kier alpha value is -2.08. The SMILES string of the molecule is CN(C)Cc1ccc(N2C(N)=NC(N)=NC23CCCCC3)cc1. The summed E-state index contributed by atoms with van der Waals surface area (Å²) in [6.07, 6.45) is 5.44. The number of nitrogens with zero attached hydrogens (tertiary/aromatic N) is 4. The van der Waals surface area contributed by atoms with Gasteiger partial charge in [-0.25, -0.2) is 4.99 Å². The fourth-order valence-corrected chi connectivity index (χ4v) is 3.61. The van der Waals surface area contributed by atoms with Gasteiger partial charge in [0, 0.05) is 12.2 Å². The molecule has 2 aliphatic rings. The Labute approximate surface area is 137 Å². The van der Waals surface area contributed by atoms with Crippen LogP contribution < -0.4 is 16.4 Å². The predicted molar refractivity (Wildman–Crippen MR) is 95.4 cm³/mol. The Morgan fingerprint density at radius 2 is 1.74 bits per heavy atom. The highest BCUT2D eigenvalue weighted by molar-refractivity contribution is 6.05. The van der Waals surface area contributed by atoms with Crippen LogP contribution in [0.5, 0.6) is 0 Å². The predicted octanol–water partition coefficient (Wildman–Crippen LogP) is 1.86. The summed E-state index contributed by atoms with van der Waals surface area (Å²) in [6.45, 7) is 0.917. The van der Waals surface area contributed by atoms with Crippen LogP contribution in [0.3, 0.4) is 0 Å². The maximum Gasteiger partial charge on any atom is 0.220 e. The van der Waals surface area contributed by atoms with Gasteiger partial charge in [-0.05, 0) is 57.5 Å². The molecule has 0 saturated heterocycles. The molecule has 1 fully saturated rings. The molecule has 3 rings (SSSR count). The van der Waals surface area contributed by atoms with E-state index in [1.54, 1.807) is 0 Å². The van der Waals surface area contributed by atoms with Gasteiger partial charge in [-0.3, -0.25) is 4.90 Å². The summed E-state index contributed by atoms with van der Waals surface area (Å²) in [6, 6.07) is 8.49. The van der Waals surface area contributed by atoms with E-state index >= 15 is 0 Å². The summed E-state index contributed by atoms with van der Waals surface area (Å²) in [4.78, 5) is 13.1. The van der Waals surface area contributed by atoms with Gasteiger partial charge in [-0.1, -0.05) is 18.6 Å².